The highest BCUT2D eigenvalue weighted by Crippen LogP contribution is 2.30. The van der Waals surface area contributed by atoms with Gasteiger partial charge in [-0.15, -0.1) is 0 Å². The van der Waals surface area contributed by atoms with Gasteiger partial charge in [0.2, 0.25) is 0 Å². The number of ether oxygens (including phenoxy) is 2. The lowest BCUT2D eigenvalue weighted by atomic mass is 10.1. The summed E-state index contributed by atoms with van der Waals surface area (Å²) < 4.78 is 10.6. The van der Waals surface area contributed by atoms with Crippen LogP contribution in [-0.2, 0) is 16.0 Å². The van der Waals surface area contributed by atoms with Crippen LogP contribution in [0.3, 0.4) is 0 Å². The molecule has 1 unspecified atom stereocenters. The number of nitrogens with one attached hydrogen (secondary N) is 1. The van der Waals surface area contributed by atoms with Gasteiger partial charge in [-0.1, -0.05) is 11.6 Å². The quantitative estimate of drug-likeness (QED) is 0.623. The second kappa shape index (κ2) is 6.21. The van der Waals surface area contributed by atoms with Gasteiger partial charge < -0.3 is 9.47 Å². The van der Waals surface area contributed by atoms with Crippen molar-refractivity contribution in [3.63, 3.8) is 0 Å². The summed E-state index contributed by atoms with van der Waals surface area (Å²) in [6.45, 7) is 1.76. The van der Waals surface area contributed by atoms with Gasteiger partial charge in [0.1, 0.15) is 11.9 Å². The Kier molecular flexibility index (Phi) is 4.62. The maximum atomic E-state index is 5.92. The first kappa shape index (κ1) is 12.6. The smallest absolute Gasteiger partial charge is 0.123 e. The van der Waals surface area contributed by atoms with E-state index in [-0.39, 0.29) is 6.10 Å². The van der Waals surface area contributed by atoms with Crippen molar-refractivity contribution in [2.24, 2.45) is 0 Å². The van der Waals surface area contributed by atoms with Crippen LogP contribution >= 0.6 is 11.6 Å². The van der Waals surface area contributed by atoms with E-state index in [9.17, 15) is 0 Å². The molecule has 4 nitrogen and oxygen atoms in total. The first-order valence-corrected chi connectivity index (χ1v) is 5.96. The van der Waals surface area contributed by atoms with Crippen molar-refractivity contribution in [2.75, 3.05) is 26.9 Å². The summed E-state index contributed by atoms with van der Waals surface area (Å²) in [6, 6.07) is 5.69. The summed E-state index contributed by atoms with van der Waals surface area (Å²) in [5.74, 6) is 0.915. The first-order chi connectivity index (χ1) is 8.29. The van der Waals surface area contributed by atoms with Crippen LogP contribution in [0.4, 0.5) is 0 Å². The predicted octanol–water partition coefficient (Wildman–Crippen LogP) is 1.81. The molecular formula is C12H16ClNO3. The van der Waals surface area contributed by atoms with E-state index in [0.29, 0.717) is 19.8 Å². The minimum Gasteiger partial charge on any atom is -0.488 e. The Balaban J connectivity index is 1.73. The third-order valence-corrected chi connectivity index (χ3v) is 2.80. The van der Waals surface area contributed by atoms with Gasteiger partial charge in [0.05, 0.1) is 19.8 Å². The lowest BCUT2D eigenvalue weighted by molar-refractivity contribution is -0.00532. The van der Waals surface area contributed by atoms with Crippen LogP contribution in [0, 0.1) is 0 Å². The van der Waals surface area contributed by atoms with Gasteiger partial charge in [-0.2, -0.15) is 5.48 Å². The Morgan fingerprint density at radius 1 is 1.47 bits per heavy atom. The maximum absolute atomic E-state index is 5.92. The molecule has 1 atom stereocenters. The third kappa shape index (κ3) is 3.57. The van der Waals surface area contributed by atoms with Gasteiger partial charge in [0.25, 0.3) is 0 Å². The summed E-state index contributed by atoms with van der Waals surface area (Å²) >= 11 is 5.92. The Morgan fingerprint density at radius 3 is 3.18 bits per heavy atom. The molecule has 2 rings (SSSR count). The van der Waals surface area contributed by atoms with Crippen LogP contribution in [0.5, 0.6) is 5.75 Å². The normalized spacial score (nSPS) is 17.9. The van der Waals surface area contributed by atoms with E-state index >= 15 is 0 Å². The average molecular weight is 258 g/mol. The second-order valence-electron chi connectivity index (χ2n) is 3.89. The van der Waals surface area contributed by atoms with Gasteiger partial charge in [0, 0.05) is 18.6 Å². The molecule has 5 heteroatoms. The SMILES string of the molecule is COCCONCC1Cc2cc(Cl)ccc2O1. The van der Waals surface area contributed by atoms with Crippen molar-refractivity contribution in [1.82, 2.24) is 5.48 Å². The Hall–Kier alpha value is -0.810. The first-order valence-electron chi connectivity index (χ1n) is 5.58. The Morgan fingerprint density at radius 2 is 2.35 bits per heavy atom. The van der Waals surface area contributed by atoms with Crippen LogP contribution in [0.15, 0.2) is 18.2 Å². The van der Waals surface area contributed by atoms with Crippen LogP contribution in [-0.4, -0.2) is 33.0 Å². The summed E-state index contributed by atoms with van der Waals surface area (Å²) in [5, 5.41) is 0.748. The van der Waals surface area contributed by atoms with E-state index in [1.165, 1.54) is 0 Å². The predicted molar refractivity (Wildman–Crippen MR) is 65.4 cm³/mol. The van der Waals surface area contributed by atoms with Crippen LogP contribution in [0.25, 0.3) is 0 Å². The zero-order valence-electron chi connectivity index (χ0n) is 9.74. The van der Waals surface area contributed by atoms with Gasteiger partial charge >= 0.3 is 0 Å². The maximum Gasteiger partial charge on any atom is 0.123 e. The van der Waals surface area contributed by atoms with Gasteiger partial charge in [-0.05, 0) is 23.8 Å². The topological polar surface area (TPSA) is 39.7 Å². The van der Waals surface area contributed by atoms with E-state index in [1.54, 1.807) is 7.11 Å². The number of halogens is 1. The van der Waals surface area contributed by atoms with Crippen LogP contribution in [0.2, 0.25) is 5.02 Å². The molecule has 1 aromatic rings. The van der Waals surface area contributed by atoms with E-state index in [0.717, 1.165) is 22.8 Å². The van der Waals surface area contributed by atoms with Crippen LogP contribution < -0.4 is 10.2 Å². The highest BCUT2D eigenvalue weighted by Gasteiger charge is 2.22. The summed E-state index contributed by atoms with van der Waals surface area (Å²) in [5.41, 5.74) is 4.03. The average Bonchev–Trinajstić information content (AvgIpc) is 2.70. The second-order valence-corrected chi connectivity index (χ2v) is 4.32. The zero-order chi connectivity index (χ0) is 12.1. The van der Waals surface area contributed by atoms with Crippen molar-refractivity contribution in [1.29, 1.82) is 0 Å². The van der Waals surface area contributed by atoms with E-state index in [2.05, 4.69) is 5.48 Å². The summed E-state index contributed by atoms with van der Waals surface area (Å²) in [7, 11) is 1.64. The van der Waals surface area contributed by atoms with E-state index in [1.807, 2.05) is 18.2 Å². The number of methoxy groups -OCH3 is 1. The van der Waals surface area contributed by atoms with E-state index in [4.69, 9.17) is 25.9 Å². The molecule has 0 saturated carbocycles. The molecule has 0 amide bonds. The molecule has 0 fully saturated rings. The molecule has 17 heavy (non-hydrogen) atoms. The lowest BCUT2D eigenvalue weighted by Crippen LogP contribution is -2.31. The minimum absolute atomic E-state index is 0.103. The molecule has 0 saturated heterocycles. The summed E-state index contributed by atoms with van der Waals surface area (Å²) in [6.07, 6.45) is 0.960. The number of rotatable bonds is 6. The highest BCUT2D eigenvalue weighted by molar-refractivity contribution is 6.30. The fourth-order valence-electron chi connectivity index (χ4n) is 1.75. The zero-order valence-corrected chi connectivity index (χ0v) is 10.5. The molecule has 1 heterocycles. The highest BCUT2D eigenvalue weighted by atomic mass is 35.5. The third-order valence-electron chi connectivity index (χ3n) is 2.57. The Labute approximate surface area is 106 Å². The van der Waals surface area contributed by atoms with Crippen molar-refractivity contribution in [3.05, 3.63) is 28.8 Å². The molecular weight excluding hydrogens is 242 g/mol. The fourth-order valence-corrected chi connectivity index (χ4v) is 1.95. The molecule has 0 radical (unpaired) electrons. The van der Waals surface area contributed by atoms with Crippen molar-refractivity contribution in [3.8, 4) is 5.75 Å². The van der Waals surface area contributed by atoms with Crippen molar-refractivity contribution >= 4 is 11.6 Å². The number of fused-ring (bicyclic) bond motifs is 1. The lowest BCUT2D eigenvalue weighted by Gasteiger charge is -2.11. The molecule has 0 aliphatic carbocycles. The molecule has 0 bridgehead atoms. The monoisotopic (exact) mass is 257 g/mol. The molecule has 94 valence electrons. The van der Waals surface area contributed by atoms with Gasteiger partial charge in [0.15, 0.2) is 0 Å². The largest absolute Gasteiger partial charge is 0.488 e. The van der Waals surface area contributed by atoms with Crippen LogP contribution in [0.1, 0.15) is 5.56 Å². The standard InChI is InChI=1S/C12H16ClNO3/c1-15-4-5-16-14-8-11-7-9-6-10(13)2-3-12(9)17-11/h2-3,6,11,14H,4-5,7-8H2,1H3. The number of benzene rings is 1. The van der Waals surface area contributed by atoms with E-state index < -0.39 is 0 Å². The molecule has 1 aliphatic rings. The fraction of sp³-hybridized carbons (Fsp3) is 0.500. The number of hydroxylamine groups is 1. The number of hydrogen-bond donors (Lipinski definition) is 1. The molecule has 1 aliphatic heterocycles. The molecule has 1 N–H and O–H groups in total. The summed E-state index contributed by atoms with van der Waals surface area (Å²) in [4.78, 5) is 5.18. The van der Waals surface area contributed by atoms with Gasteiger partial charge in [-0.25, -0.2) is 0 Å². The molecule has 0 spiro atoms. The Bertz CT molecular complexity index is 373. The van der Waals surface area contributed by atoms with Crippen molar-refractivity contribution in [2.45, 2.75) is 12.5 Å². The van der Waals surface area contributed by atoms with Gasteiger partial charge in [-0.3, -0.25) is 4.84 Å². The molecule has 1 aromatic carbocycles. The van der Waals surface area contributed by atoms with Crippen molar-refractivity contribution < 1.29 is 14.3 Å². The minimum atomic E-state index is 0.103. The number of hydrogen-bond acceptors (Lipinski definition) is 4. The molecule has 0 aromatic heterocycles.